The zero-order chi connectivity index (χ0) is 14.4. The molecule has 0 radical (unpaired) electrons. The lowest BCUT2D eigenvalue weighted by atomic mass is 9.89. The fourth-order valence-electron chi connectivity index (χ4n) is 2.93. The Morgan fingerprint density at radius 2 is 2.15 bits per heavy atom. The van der Waals surface area contributed by atoms with Crippen LogP contribution in [0, 0.1) is 0 Å². The molecule has 0 spiro atoms. The summed E-state index contributed by atoms with van der Waals surface area (Å²) < 4.78 is 5.88. The van der Waals surface area contributed by atoms with Crippen LogP contribution < -0.4 is 5.32 Å². The Hall–Kier alpha value is -0.900. The molecule has 2 unspecified atom stereocenters. The molecule has 1 aliphatic rings. The summed E-state index contributed by atoms with van der Waals surface area (Å²) in [6.07, 6.45) is 3.96. The summed E-state index contributed by atoms with van der Waals surface area (Å²) in [7, 11) is 0. The summed E-state index contributed by atoms with van der Waals surface area (Å²) in [5.74, 6) is 0. The number of nitrogens with one attached hydrogen (secondary N) is 1. The molecule has 0 amide bonds. The van der Waals surface area contributed by atoms with Crippen molar-refractivity contribution >= 4 is 0 Å². The standard InChI is InChI=1S/C17H27NO2/c1-3-17(2)12-15(9-10-20-17)18-16(13-19)11-14-7-5-4-6-8-14/h4-8,15-16,18-19H,3,9-13H2,1-2H3/t15?,16-,17?/m0/s1. The van der Waals surface area contributed by atoms with Gasteiger partial charge in [-0.15, -0.1) is 0 Å². The van der Waals surface area contributed by atoms with E-state index in [2.05, 4.69) is 31.3 Å². The van der Waals surface area contributed by atoms with Gasteiger partial charge in [-0.25, -0.2) is 0 Å². The van der Waals surface area contributed by atoms with Crippen molar-refractivity contribution in [2.75, 3.05) is 13.2 Å². The van der Waals surface area contributed by atoms with Gasteiger partial charge in [0.05, 0.1) is 12.2 Å². The van der Waals surface area contributed by atoms with Gasteiger partial charge in [0.1, 0.15) is 0 Å². The number of hydrogen-bond donors (Lipinski definition) is 2. The van der Waals surface area contributed by atoms with Crippen LogP contribution in [0.25, 0.3) is 0 Å². The van der Waals surface area contributed by atoms with E-state index in [1.165, 1.54) is 5.56 Å². The Morgan fingerprint density at radius 3 is 2.80 bits per heavy atom. The third kappa shape index (κ3) is 4.30. The minimum atomic E-state index is -0.0112. The first-order valence-electron chi connectivity index (χ1n) is 7.70. The topological polar surface area (TPSA) is 41.5 Å². The highest BCUT2D eigenvalue weighted by atomic mass is 16.5. The maximum Gasteiger partial charge on any atom is 0.0666 e. The molecule has 112 valence electrons. The largest absolute Gasteiger partial charge is 0.395 e. The first-order valence-corrected chi connectivity index (χ1v) is 7.70. The molecule has 0 bridgehead atoms. The zero-order valence-corrected chi connectivity index (χ0v) is 12.6. The summed E-state index contributed by atoms with van der Waals surface area (Å²) in [5, 5.41) is 13.2. The Bertz CT molecular complexity index is 395. The van der Waals surface area contributed by atoms with Gasteiger partial charge in [-0.3, -0.25) is 0 Å². The average molecular weight is 277 g/mol. The predicted octanol–water partition coefficient (Wildman–Crippen LogP) is 2.53. The van der Waals surface area contributed by atoms with Crippen LogP contribution in [0.3, 0.4) is 0 Å². The number of rotatable bonds is 6. The molecule has 2 rings (SSSR count). The second-order valence-corrected chi connectivity index (χ2v) is 6.08. The third-order valence-electron chi connectivity index (χ3n) is 4.36. The highest BCUT2D eigenvalue weighted by Crippen LogP contribution is 2.28. The van der Waals surface area contributed by atoms with Crippen LogP contribution in [0.1, 0.15) is 38.7 Å². The van der Waals surface area contributed by atoms with E-state index in [1.807, 2.05) is 18.2 Å². The van der Waals surface area contributed by atoms with Crippen molar-refractivity contribution in [3.05, 3.63) is 35.9 Å². The number of benzene rings is 1. The van der Waals surface area contributed by atoms with E-state index in [0.717, 1.165) is 32.3 Å². The maximum absolute atomic E-state index is 9.61. The first-order chi connectivity index (χ1) is 9.65. The molecule has 0 aliphatic carbocycles. The molecule has 3 atom stereocenters. The van der Waals surface area contributed by atoms with E-state index < -0.39 is 0 Å². The van der Waals surface area contributed by atoms with Crippen LogP contribution in [0.15, 0.2) is 30.3 Å². The Morgan fingerprint density at radius 1 is 1.40 bits per heavy atom. The summed E-state index contributed by atoms with van der Waals surface area (Å²) in [6, 6.07) is 10.9. The summed E-state index contributed by atoms with van der Waals surface area (Å²) in [6.45, 7) is 5.35. The molecule has 1 fully saturated rings. The van der Waals surface area contributed by atoms with Gasteiger partial charge in [0.25, 0.3) is 0 Å². The van der Waals surface area contributed by atoms with Crippen molar-refractivity contribution < 1.29 is 9.84 Å². The van der Waals surface area contributed by atoms with Gasteiger partial charge in [0, 0.05) is 18.7 Å². The van der Waals surface area contributed by atoms with Gasteiger partial charge < -0.3 is 15.2 Å². The fourth-order valence-corrected chi connectivity index (χ4v) is 2.93. The van der Waals surface area contributed by atoms with E-state index >= 15 is 0 Å². The van der Waals surface area contributed by atoms with E-state index in [0.29, 0.717) is 6.04 Å². The Labute approximate surface area is 122 Å². The normalized spacial score (nSPS) is 28.2. The van der Waals surface area contributed by atoms with Crippen LogP contribution in [0.2, 0.25) is 0 Å². The molecule has 1 aliphatic heterocycles. The lowest BCUT2D eigenvalue weighted by Crippen LogP contribution is -2.49. The molecule has 1 aromatic rings. The number of hydrogen-bond acceptors (Lipinski definition) is 3. The quantitative estimate of drug-likeness (QED) is 0.839. The highest BCUT2D eigenvalue weighted by Gasteiger charge is 2.32. The first kappa shape index (κ1) is 15.5. The number of ether oxygens (including phenoxy) is 1. The Balaban J connectivity index is 1.89. The van der Waals surface area contributed by atoms with Gasteiger partial charge >= 0.3 is 0 Å². The second kappa shape index (κ2) is 7.21. The van der Waals surface area contributed by atoms with Crippen LogP contribution in [0.4, 0.5) is 0 Å². The van der Waals surface area contributed by atoms with E-state index in [1.54, 1.807) is 0 Å². The van der Waals surface area contributed by atoms with Crippen molar-refractivity contribution in [2.24, 2.45) is 0 Å². The molecule has 1 heterocycles. The molecular weight excluding hydrogens is 250 g/mol. The monoisotopic (exact) mass is 277 g/mol. The van der Waals surface area contributed by atoms with Gasteiger partial charge in [0.2, 0.25) is 0 Å². The van der Waals surface area contributed by atoms with Gasteiger partial charge in [-0.2, -0.15) is 0 Å². The van der Waals surface area contributed by atoms with Crippen molar-refractivity contribution in [3.8, 4) is 0 Å². The van der Waals surface area contributed by atoms with E-state index in [9.17, 15) is 5.11 Å². The van der Waals surface area contributed by atoms with Crippen molar-refractivity contribution in [1.82, 2.24) is 5.32 Å². The summed E-state index contributed by atoms with van der Waals surface area (Å²) >= 11 is 0. The molecule has 2 N–H and O–H groups in total. The second-order valence-electron chi connectivity index (χ2n) is 6.08. The lowest BCUT2D eigenvalue weighted by Gasteiger charge is -2.39. The molecule has 3 nitrogen and oxygen atoms in total. The van der Waals surface area contributed by atoms with Crippen LogP contribution >= 0.6 is 0 Å². The van der Waals surface area contributed by atoms with Crippen molar-refractivity contribution in [3.63, 3.8) is 0 Å². The van der Waals surface area contributed by atoms with Crippen LogP contribution in [0.5, 0.6) is 0 Å². The number of aliphatic hydroxyl groups excluding tert-OH is 1. The molecule has 3 heteroatoms. The zero-order valence-electron chi connectivity index (χ0n) is 12.6. The van der Waals surface area contributed by atoms with Crippen molar-refractivity contribution in [1.29, 1.82) is 0 Å². The molecular formula is C17H27NO2. The minimum Gasteiger partial charge on any atom is -0.395 e. The summed E-state index contributed by atoms with van der Waals surface area (Å²) in [5.41, 5.74) is 1.26. The van der Waals surface area contributed by atoms with Gasteiger partial charge in [-0.05, 0) is 38.2 Å². The molecule has 0 saturated carbocycles. The lowest BCUT2D eigenvalue weighted by molar-refractivity contribution is -0.0796. The Kier molecular flexibility index (Phi) is 5.58. The summed E-state index contributed by atoms with van der Waals surface area (Å²) in [4.78, 5) is 0. The molecule has 1 saturated heterocycles. The molecule has 0 aromatic heterocycles. The van der Waals surface area contributed by atoms with Gasteiger partial charge in [0.15, 0.2) is 0 Å². The molecule has 20 heavy (non-hydrogen) atoms. The van der Waals surface area contributed by atoms with Gasteiger partial charge in [-0.1, -0.05) is 37.3 Å². The smallest absolute Gasteiger partial charge is 0.0666 e. The minimum absolute atomic E-state index is 0.0112. The molecule has 1 aromatic carbocycles. The van der Waals surface area contributed by atoms with Crippen LogP contribution in [-0.4, -0.2) is 36.0 Å². The highest BCUT2D eigenvalue weighted by molar-refractivity contribution is 5.16. The van der Waals surface area contributed by atoms with E-state index in [-0.39, 0.29) is 18.2 Å². The number of aliphatic hydroxyl groups is 1. The SMILES string of the molecule is CCC1(C)CC(N[C@H](CO)Cc2ccccc2)CCO1. The maximum atomic E-state index is 9.61. The fraction of sp³-hybridized carbons (Fsp3) is 0.647. The third-order valence-corrected chi connectivity index (χ3v) is 4.36. The van der Waals surface area contributed by atoms with Crippen molar-refractivity contribution in [2.45, 2.75) is 57.2 Å². The van der Waals surface area contributed by atoms with Crippen LogP contribution in [-0.2, 0) is 11.2 Å². The predicted molar refractivity (Wildman–Crippen MR) is 81.8 cm³/mol. The van der Waals surface area contributed by atoms with E-state index in [4.69, 9.17) is 4.74 Å². The average Bonchev–Trinajstić information content (AvgIpc) is 2.48.